The minimum atomic E-state index is 0. The Kier molecular flexibility index (Phi) is 10.4. The average Bonchev–Trinajstić information content (AvgIpc) is 2.55. The Morgan fingerprint density at radius 2 is 1.52 bits per heavy atom. The van der Waals surface area contributed by atoms with Gasteiger partial charge in [-0.3, -0.25) is 0 Å². The summed E-state index contributed by atoms with van der Waals surface area (Å²) in [5.41, 5.74) is 5.76. The first kappa shape index (κ1) is 24.0. The van der Waals surface area contributed by atoms with E-state index in [1.54, 1.807) is 11.1 Å². The molecule has 1 aliphatic rings. The predicted molar refractivity (Wildman–Crippen MR) is 116 cm³/mol. The second kappa shape index (κ2) is 10.8. The number of allylic oxidation sites excluding steroid dienone is 2. The van der Waals surface area contributed by atoms with Gasteiger partial charge in [0.25, 0.3) is 0 Å². The van der Waals surface area contributed by atoms with Gasteiger partial charge in [0.15, 0.2) is 0 Å². The number of hydrogen-bond acceptors (Lipinski definition) is 0. The zero-order chi connectivity index (χ0) is 18.2. The van der Waals surface area contributed by atoms with Gasteiger partial charge in [-0.05, 0) is 68.3 Å². The Hall–Kier alpha value is -1.04. The van der Waals surface area contributed by atoms with Crippen molar-refractivity contribution < 1.29 is 0 Å². The summed E-state index contributed by atoms with van der Waals surface area (Å²) in [5, 5.41) is 0. The van der Waals surface area contributed by atoms with Crippen molar-refractivity contribution in [2.45, 2.75) is 101 Å². The van der Waals surface area contributed by atoms with Crippen molar-refractivity contribution in [3.8, 4) is 0 Å². The molecule has 0 bridgehead atoms. The molecule has 0 amide bonds. The highest BCUT2D eigenvalue weighted by Gasteiger charge is 2.29. The van der Waals surface area contributed by atoms with Crippen LogP contribution in [0.15, 0.2) is 41.5 Å². The third-order valence-corrected chi connectivity index (χ3v) is 5.67. The minimum Gasteiger partial charge on any atom is -0.0776 e. The van der Waals surface area contributed by atoms with Crippen LogP contribution in [0, 0.1) is 10.8 Å². The van der Waals surface area contributed by atoms with Gasteiger partial charge in [-0.2, -0.15) is 0 Å². The maximum atomic E-state index is 2.45. The van der Waals surface area contributed by atoms with Crippen LogP contribution in [0.4, 0.5) is 0 Å². The Balaban J connectivity index is 0.00000185. The first-order valence-corrected chi connectivity index (χ1v) is 10.0. The van der Waals surface area contributed by atoms with E-state index in [9.17, 15) is 0 Å². The van der Waals surface area contributed by atoms with E-state index in [0.29, 0.717) is 10.8 Å². The zero-order valence-electron chi connectivity index (χ0n) is 17.3. The van der Waals surface area contributed by atoms with Gasteiger partial charge in [0.2, 0.25) is 0 Å². The lowest BCUT2D eigenvalue weighted by Crippen LogP contribution is -2.22. The molecule has 144 valence electrons. The monoisotopic (exact) mass is 344 g/mol. The zero-order valence-corrected chi connectivity index (χ0v) is 17.3. The SMILES string of the molecule is C.CC.CC1=C(CCC(C)(C)CCc2ccccc2)C(C)(C)CCC1. The van der Waals surface area contributed by atoms with Crippen LogP contribution in [0.5, 0.6) is 0 Å². The Morgan fingerprint density at radius 1 is 0.960 bits per heavy atom. The van der Waals surface area contributed by atoms with Gasteiger partial charge < -0.3 is 0 Å². The van der Waals surface area contributed by atoms with E-state index in [1.165, 1.54) is 50.5 Å². The smallest absolute Gasteiger partial charge is 0.0142 e. The normalized spacial score (nSPS) is 16.6. The molecule has 0 saturated heterocycles. The third-order valence-electron chi connectivity index (χ3n) is 5.67. The fraction of sp³-hybridized carbons (Fsp3) is 0.680. The fourth-order valence-corrected chi connectivity index (χ4v) is 3.94. The Morgan fingerprint density at radius 3 is 2.08 bits per heavy atom. The molecular weight excluding hydrogens is 300 g/mol. The highest BCUT2D eigenvalue weighted by atomic mass is 14.3. The van der Waals surface area contributed by atoms with Gasteiger partial charge >= 0.3 is 0 Å². The molecule has 0 spiro atoms. The first-order valence-electron chi connectivity index (χ1n) is 10.0. The molecule has 0 fully saturated rings. The summed E-state index contributed by atoms with van der Waals surface area (Å²) in [6.45, 7) is 16.2. The van der Waals surface area contributed by atoms with Crippen molar-refractivity contribution in [1.82, 2.24) is 0 Å². The summed E-state index contributed by atoms with van der Waals surface area (Å²) in [7, 11) is 0. The van der Waals surface area contributed by atoms with Gasteiger partial charge in [0, 0.05) is 0 Å². The lowest BCUT2D eigenvalue weighted by atomic mass is 9.69. The van der Waals surface area contributed by atoms with Crippen LogP contribution >= 0.6 is 0 Å². The molecule has 0 saturated carbocycles. The van der Waals surface area contributed by atoms with E-state index in [0.717, 1.165) is 0 Å². The van der Waals surface area contributed by atoms with E-state index in [1.807, 2.05) is 13.8 Å². The summed E-state index contributed by atoms with van der Waals surface area (Å²) in [6.07, 6.45) is 9.16. The lowest BCUT2D eigenvalue weighted by Gasteiger charge is -2.36. The molecule has 1 aliphatic carbocycles. The highest BCUT2D eigenvalue weighted by molar-refractivity contribution is 5.22. The van der Waals surface area contributed by atoms with Crippen LogP contribution in [0.1, 0.15) is 100.0 Å². The second-order valence-corrected chi connectivity index (χ2v) is 8.65. The van der Waals surface area contributed by atoms with Crippen LogP contribution in [0.2, 0.25) is 0 Å². The van der Waals surface area contributed by atoms with E-state index in [2.05, 4.69) is 65.0 Å². The molecule has 25 heavy (non-hydrogen) atoms. The van der Waals surface area contributed by atoms with Crippen molar-refractivity contribution in [2.24, 2.45) is 10.8 Å². The van der Waals surface area contributed by atoms with Gasteiger partial charge in [0.05, 0.1) is 0 Å². The number of hydrogen-bond donors (Lipinski definition) is 0. The van der Waals surface area contributed by atoms with Gasteiger partial charge in [-0.25, -0.2) is 0 Å². The molecule has 2 rings (SSSR count). The van der Waals surface area contributed by atoms with Crippen molar-refractivity contribution in [2.75, 3.05) is 0 Å². The number of aryl methyl sites for hydroxylation is 1. The van der Waals surface area contributed by atoms with Crippen molar-refractivity contribution in [3.63, 3.8) is 0 Å². The van der Waals surface area contributed by atoms with Gasteiger partial charge in [-0.15, -0.1) is 0 Å². The number of benzene rings is 1. The summed E-state index contributed by atoms with van der Waals surface area (Å²) in [6, 6.07) is 10.9. The van der Waals surface area contributed by atoms with E-state index in [4.69, 9.17) is 0 Å². The second-order valence-electron chi connectivity index (χ2n) is 8.65. The van der Waals surface area contributed by atoms with Crippen LogP contribution < -0.4 is 0 Å². The van der Waals surface area contributed by atoms with Gasteiger partial charge in [-0.1, -0.05) is 90.4 Å². The Labute approximate surface area is 159 Å². The molecule has 1 aromatic rings. The van der Waals surface area contributed by atoms with E-state index >= 15 is 0 Å². The molecular formula is C25H44. The lowest BCUT2D eigenvalue weighted by molar-refractivity contribution is 0.283. The molecule has 0 aromatic heterocycles. The van der Waals surface area contributed by atoms with Crippen molar-refractivity contribution >= 4 is 0 Å². The molecule has 0 atom stereocenters. The number of rotatable bonds is 6. The summed E-state index contributed by atoms with van der Waals surface area (Å²) < 4.78 is 0. The van der Waals surface area contributed by atoms with E-state index in [-0.39, 0.29) is 7.43 Å². The average molecular weight is 345 g/mol. The summed E-state index contributed by atoms with van der Waals surface area (Å²) in [5.74, 6) is 0. The molecule has 0 radical (unpaired) electrons. The molecule has 0 nitrogen and oxygen atoms in total. The largest absolute Gasteiger partial charge is 0.0776 e. The van der Waals surface area contributed by atoms with Crippen LogP contribution in [-0.2, 0) is 6.42 Å². The quantitative estimate of drug-likeness (QED) is 0.453. The maximum absolute atomic E-state index is 2.45. The fourth-order valence-electron chi connectivity index (χ4n) is 3.94. The van der Waals surface area contributed by atoms with Crippen LogP contribution in [-0.4, -0.2) is 0 Å². The van der Waals surface area contributed by atoms with E-state index < -0.39 is 0 Å². The maximum Gasteiger partial charge on any atom is -0.0142 e. The highest BCUT2D eigenvalue weighted by Crippen LogP contribution is 2.44. The molecule has 0 aliphatic heterocycles. The Bertz CT molecular complexity index is 502. The predicted octanol–water partition coefficient (Wildman–Crippen LogP) is 8.61. The van der Waals surface area contributed by atoms with Gasteiger partial charge in [0.1, 0.15) is 0 Å². The standard InChI is InChI=1S/C22H34.C2H6.CH4/c1-18-10-9-15-22(4,5)20(18)14-17-21(2,3)16-13-19-11-7-6-8-12-19;1-2;/h6-8,11-12H,9-10,13-17H2,1-5H3;1-2H3;1H4. The van der Waals surface area contributed by atoms with Crippen LogP contribution in [0.25, 0.3) is 0 Å². The minimum absolute atomic E-state index is 0. The van der Waals surface area contributed by atoms with Crippen molar-refractivity contribution in [3.05, 3.63) is 47.0 Å². The molecule has 0 N–H and O–H groups in total. The third kappa shape index (κ3) is 7.80. The van der Waals surface area contributed by atoms with Crippen molar-refractivity contribution in [1.29, 1.82) is 0 Å². The summed E-state index contributed by atoms with van der Waals surface area (Å²) in [4.78, 5) is 0. The molecule has 0 unspecified atom stereocenters. The molecule has 0 heteroatoms. The first-order chi connectivity index (χ1) is 11.3. The molecule has 1 aromatic carbocycles. The summed E-state index contributed by atoms with van der Waals surface area (Å²) >= 11 is 0. The molecule has 0 heterocycles. The van der Waals surface area contributed by atoms with Crippen LogP contribution in [0.3, 0.4) is 0 Å². The topological polar surface area (TPSA) is 0 Å².